The molecule has 2 aromatic rings. The molecule has 0 saturated carbocycles. The molecule has 7 nitrogen and oxygen atoms in total. The Bertz CT molecular complexity index is 896. The van der Waals surface area contributed by atoms with Gasteiger partial charge < -0.3 is 9.80 Å². The summed E-state index contributed by atoms with van der Waals surface area (Å²) >= 11 is 12.4. The highest BCUT2D eigenvalue weighted by Gasteiger charge is 2.19. The first-order chi connectivity index (χ1) is 15.6. The molecule has 2 aliphatic heterocycles. The van der Waals surface area contributed by atoms with Crippen molar-refractivity contribution in [2.45, 2.75) is 58.3 Å². The van der Waals surface area contributed by atoms with Crippen LogP contribution in [0.2, 0.25) is 10.0 Å². The second kappa shape index (κ2) is 11.1. The molecule has 0 radical (unpaired) electrons. The van der Waals surface area contributed by atoms with Crippen molar-refractivity contribution >= 4 is 46.8 Å². The van der Waals surface area contributed by atoms with Gasteiger partial charge in [0.1, 0.15) is 0 Å². The number of nitrogens with one attached hydrogen (secondary N) is 1. The minimum absolute atomic E-state index is 0.461. The fourth-order valence-electron chi connectivity index (χ4n) is 4.21. The van der Waals surface area contributed by atoms with E-state index >= 15 is 0 Å². The van der Waals surface area contributed by atoms with E-state index in [1.165, 1.54) is 51.4 Å². The highest BCUT2D eigenvalue weighted by molar-refractivity contribution is 6.37. The highest BCUT2D eigenvalue weighted by atomic mass is 35.5. The van der Waals surface area contributed by atoms with Crippen LogP contribution in [0, 0.1) is 0 Å². The Kier molecular flexibility index (Phi) is 8.03. The first-order valence-electron chi connectivity index (χ1n) is 11.6. The van der Waals surface area contributed by atoms with Gasteiger partial charge in [0.05, 0.1) is 10.7 Å². The molecule has 1 aromatic heterocycles. The monoisotopic (exact) mass is 475 g/mol. The van der Waals surface area contributed by atoms with Gasteiger partial charge in [-0.2, -0.15) is 20.1 Å². The van der Waals surface area contributed by atoms with Gasteiger partial charge in [0.2, 0.25) is 17.8 Å². The van der Waals surface area contributed by atoms with Crippen molar-refractivity contribution in [3.63, 3.8) is 0 Å². The van der Waals surface area contributed by atoms with Crippen LogP contribution >= 0.6 is 23.2 Å². The molecule has 2 fully saturated rings. The minimum atomic E-state index is 0.461. The number of benzene rings is 1. The van der Waals surface area contributed by atoms with Crippen LogP contribution in [0.1, 0.15) is 63.9 Å². The molecule has 2 aliphatic rings. The lowest BCUT2D eigenvalue weighted by Gasteiger charge is -2.24. The van der Waals surface area contributed by atoms with Crippen LogP contribution in [0.25, 0.3) is 0 Å². The predicted octanol–water partition coefficient (Wildman–Crippen LogP) is 5.78. The Labute approximate surface area is 200 Å². The molecule has 0 spiro atoms. The van der Waals surface area contributed by atoms with E-state index < -0.39 is 0 Å². The number of aromatic nitrogens is 3. The average molecular weight is 476 g/mol. The van der Waals surface area contributed by atoms with E-state index in [2.05, 4.69) is 20.3 Å². The van der Waals surface area contributed by atoms with Crippen molar-refractivity contribution in [3.05, 3.63) is 33.8 Å². The topological polar surface area (TPSA) is 69.5 Å². The summed E-state index contributed by atoms with van der Waals surface area (Å²) in [6.07, 6.45) is 9.71. The Hall–Kier alpha value is -2.12. The van der Waals surface area contributed by atoms with E-state index in [1.807, 2.05) is 13.0 Å². The number of hydrogen-bond acceptors (Lipinski definition) is 7. The number of anilines is 3. The lowest BCUT2D eigenvalue weighted by atomic mass is 10.1. The van der Waals surface area contributed by atoms with Gasteiger partial charge in [0.25, 0.3) is 0 Å². The van der Waals surface area contributed by atoms with Crippen molar-refractivity contribution < 1.29 is 0 Å². The maximum atomic E-state index is 6.34. The number of hydrogen-bond donors (Lipinski definition) is 1. The Morgan fingerprint density at radius 1 is 0.812 bits per heavy atom. The van der Waals surface area contributed by atoms with Crippen molar-refractivity contribution in [2.24, 2.45) is 5.10 Å². The molecule has 0 bridgehead atoms. The fraction of sp³-hybridized carbons (Fsp3) is 0.565. The van der Waals surface area contributed by atoms with Gasteiger partial charge in [0.15, 0.2) is 0 Å². The highest BCUT2D eigenvalue weighted by Crippen LogP contribution is 2.24. The Morgan fingerprint density at radius 3 is 1.84 bits per heavy atom. The predicted molar refractivity (Wildman–Crippen MR) is 133 cm³/mol. The van der Waals surface area contributed by atoms with E-state index in [1.54, 1.807) is 12.1 Å². The van der Waals surface area contributed by atoms with Gasteiger partial charge in [-0.25, -0.2) is 5.43 Å². The first-order valence-corrected chi connectivity index (χ1v) is 12.4. The van der Waals surface area contributed by atoms with E-state index in [0.717, 1.165) is 49.4 Å². The standard InChI is InChI=1S/C23H31Cl2N7/c1-17(19-11-10-18(24)16-20(19)25)29-30-21-26-22(31-12-6-2-3-7-13-31)28-23(27-21)32-14-8-4-5-9-15-32/h10-11,16H,2-9,12-15H2,1H3,(H,26,27,28,30)/b29-17+. The number of hydrazone groups is 1. The zero-order chi connectivity index (χ0) is 22.3. The normalized spacial score (nSPS) is 18.3. The average Bonchev–Trinajstić information content (AvgIpc) is 3.23. The van der Waals surface area contributed by atoms with E-state index in [9.17, 15) is 0 Å². The van der Waals surface area contributed by atoms with Gasteiger partial charge >= 0.3 is 0 Å². The third-order valence-corrected chi connectivity index (χ3v) is 6.58. The molecule has 0 aliphatic carbocycles. The van der Waals surface area contributed by atoms with E-state index in [-0.39, 0.29) is 0 Å². The zero-order valence-corrected chi connectivity index (χ0v) is 20.2. The van der Waals surface area contributed by atoms with Crippen LogP contribution in [-0.4, -0.2) is 46.8 Å². The second-order valence-corrected chi connectivity index (χ2v) is 9.34. The van der Waals surface area contributed by atoms with Gasteiger partial charge in [0, 0.05) is 36.8 Å². The number of nitrogens with zero attached hydrogens (tertiary/aromatic N) is 6. The first kappa shape index (κ1) is 23.1. The van der Waals surface area contributed by atoms with Crippen LogP contribution < -0.4 is 15.2 Å². The molecule has 1 N–H and O–H groups in total. The summed E-state index contributed by atoms with van der Waals surface area (Å²) in [7, 11) is 0. The van der Waals surface area contributed by atoms with E-state index in [4.69, 9.17) is 38.2 Å². The molecule has 0 amide bonds. The molecule has 2 saturated heterocycles. The zero-order valence-electron chi connectivity index (χ0n) is 18.7. The van der Waals surface area contributed by atoms with E-state index in [0.29, 0.717) is 16.0 Å². The molecular formula is C23H31Cl2N7. The van der Waals surface area contributed by atoms with Gasteiger partial charge in [-0.15, -0.1) is 0 Å². The lowest BCUT2D eigenvalue weighted by Crippen LogP contribution is -2.30. The number of rotatable bonds is 5. The van der Waals surface area contributed by atoms with Crippen molar-refractivity contribution in [1.29, 1.82) is 0 Å². The molecule has 32 heavy (non-hydrogen) atoms. The van der Waals surface area contributed by atoms with Crippen LogP contribution in [0.3, 0.4) is 0 Å². The van der Waals surface area contributed by atoms with Crippen LogP contribution in [0.4, 0.5) is 17.8 Å². The summed E-state index contributed by atoms with van der Waals surface area (Å²) in [4.78, 5) is 18.9. The van der Waals surface area contributed by atoms with Gasteiger partial charge in [-0.3, -0.25) is 0 Å². The fourth-order valence-corrected chi connectivity index (χ4v) is 4.75. The maximum Gasteiger partial charge on any atom is 0.250 e. The molecule has 0 unspecified atom stereocenters. The summed E-state index contributed by atoms with van der Waals surface area (Å²) in [5.74, 6) is 1.94. The molecular weight excluding hydrogens is 445 g/mol. The summed E-state index contributed by atoms with van der Waals surface area (Å²) < 4.78 is 0. The van der Waals surface area contributed by atoms with Crippen LogP contribution in [0.15, 0.2) is 23.3 Å². The summed E-state index contributed by atoms with van der Waals surface area (Å²) in [5.41, 5.74) is 4.61. The Morgan fingerprint density at radius 2 is 1.34 bits per heavy atom. The van der Waals surface area contributed by atoms with Crippen molar-refractivity contribution in [2.75, 3.05) is 41.4 Å². The molecule has 1 aromatic carbocycles. The molecule has 4 rings (SSSR count). The number of halogens is 2. The third-order valence-electron chi connectivity index (χ3n) is 6.03. The third kappa shape index (κ3) is 6.01. The van der Waals surface area contributed by atoms with Crippen LogP contribution in [0.5, 0.6) is 0 Å². The second-order valence-electron chi connectivity index (χ2n) is 8.49. The summed E-state index contributed by atoms with van der Waals surface area (Å²) in [5, 5.41) is 5.67. The van der Waals surface area contributed by atoms with Gasteiger partial charge in [-0.1, -0.05) is 55.0 Å². The Balaban J connectivity index is 1.61. The molecule has 3 heterocycles. The minimum Gasteiger partial charge on any atom is -0.341 e. The summed E-state index contributed by atoms with van der Waals surface area (Å²) in [6.45, 7) is 5.81. The van der Waals surface area contributed by atoms with Crippen molar-refractivity contribution in [1.82, 2.24) is 15.0 Å². The van der Waals surface area contributed by atoms with Crippen LogP contribution in [-0.2, 0) is 0 Å². The largest absolute Gasteiger partial charge is 0.341 e. The molecule has 0 atom stereocenters. The SMILES string of the molecule is C/C(=N\Nc1nc(N2CCCCCC2)nc(N2CCCCCC2)n1)c1ccc(Cl)cc1Cl. The summed E-state index contributed by atoms with van der Waals surface area (Å²) in [6, 6.07) is 5.39. The van der Waals surface area contributed by atoms with Gasteiger partial charge in [-0.05, 0) is 44.7 Å². The quantitative estimate of drug-likeness (QED) is 0.436. The van der Waals surface area contributed by atoms with Crippen molar-refractivity contribution in [3.8, 4) is 0 Å². The smallest absolute Gasteiger partial charge is 0.250 e. The lowest BCUT2D eigenvalue weighted by molar-refractivity contribution is 0.726. The molecule has 9 heteroatoms. The maximum absolute atomic E-state index is 6.34. The molecule has 172 valence electrons.